The van der Waals surface area contributed by atoms with Gasteiger partial charge in [0.25, 0.3) is 5.91 Å². The molecule has 10 heteroatoms. The Balaban J connectivity index is 1.39. The first-order chi connectivity index (χ1) is 18.1. The number of piperidine rings is 1. The number of carbonyl (C=O) groups is 3. The van der Waals surface area contributed by atoms with Gasteiger partial charge in [0.15, 0.2) is 0 Å². The van der Waals surface area contributed by atoms with E-state index in [1.54, 1.807) is 18.2 Å². The number of carbonyl (C=O) groups excluding carboxylic acids is 3. The van der Waals surface area contributed by atoms with Gasteiger partial charge in [-0.1, -0.05) is 31.0 Å². The molecule has 0 aromatic heterocycles. The van der Waals surface area contributed by atoms with Crippen LogP contribution < -0.4 is 16.0 Å². The smallest absolute Gasteiger partial charge is 0.251 e. The van der Waals surface area contributed by atoms with E-state index in [-0.39, 0.29) is 41.2 Å². The predicted molar refractivity (Wildman–Crippen MR) is 145 cm³/mol. The first-order valence-corrected chi connectivity index (χ1v) is 14.6. The van der Waals surface area contributed by atoms with Gasteiger partial charge in [-0.15, -0.1) is 0 Å². The van der Waals surface area contributed by atoms with Gasteiger partial charge >= 0.3 is 0 Å². The van der Waals surface area contributed by atoms with Crippen molar-refractivity contribution in [3.8, 4) is 0 Å². The lowest BCUT2D eigenvalue weighted by Crippen LogP contribution is -2.55. The molecule has 204 valence electrons. The molecule has 3 atom stereocenters. The van der Waals surface area contributed by atoms with Crippen molar-refractivity contribution in [2.45, 2.75) is 69.4 Å². The molecule has 2 fully saturated rings. The summed E-state index contributed by atoms with van der Waals surface area (Å²) < 4.78 is 27.9. The Kier molecular flexibility index (Phi) is 8.83. The Morgan fingerprint density at radius 1 is 0.868 bits per heavy atom. The summed E-state index contributed by atoms with van der Waals surface area (Å²) in [6, 6.07) is 13.1. The minimum atomic E-state index is -3.78. The zero-order valence-electron chi connectivity index (χ0n) is 21.9. The van der Waals surface area contributed by atoms with E-state index >= 15 is 0 Å². The van der Waals surface area contributed by atoms with E-state index in [1.165, 1.54) is 23.4 Å². The van der Waals surface area contributed by atoms with Crippen LogP contribution in [-0.4, -0.2) is 55.6 Å². The second kappa shape index (κ2) is 12.1. The summed E-state index contributed by atoms with van der Waals surface area (Å²) in [5.41, 5.74) is 2.04. The van der Waals surface area contributed by atoms with Gasteiger partial charge in [-0.05, 0) is 68.5 Å². The third-order valence-electron chi connectivity index (χ3n) is 7.37. The second-order valence-corrected chi connectivity index (χ2v) is 12.1. The van der Waals surface area contributed by atoms with Crippen LogP contribution in [0.5, 0.6) is 0 Å². The molecule has 1 saturated heterocycles. The van der Waals surface area contributed by atoms with Crippen LogP contribution in [0.15, 0.2) is 53.4 Å². The highest BCUT2D eigenvalue weighted by Crippen LogP contribution is 2.26. The van der Waals surface area contributed by atoms with Crippen LogP contribution in [0.25, 0.3) is 0 Å². The predicted octanol–water partition coefficient (Wildman–Crippen LogP) is 3.21. The Labute approximate surface area is 224 Å². The monoisotopic (exact) mass is 540 g/mol. The number of nitrogens with zero attached hydrogens (tertiary/aromatic N) is 1. The molecule has 38 heavy (non-hydrogen) atoms. The van der Waals surface area contributed by atoms with Crippen LogP contribution in [0.1, 0.15) is 61.4 Å². The van der Waals surface area contributed by atoms with Gasteiger partial charge in [-0.2, -0.15) is 4.31 Å². The molecule has 2 aliphatic rings. The highest BCUT2D eigenvalue weighted by atomic mass is 32.2. The zero-order chi connectivity index (χ0) is 27.3. The van der Waals surface area contributed by atoms with Crippen molar-refractivity contribution < 1.29 is 22.8 Å². The van der Waals surface area contributed by atoms with Gasteiger partial charge in [0.05, 0.1) is 10.8 Å². The van der Waals surface area contributed by atoms with Gasteiger partial charge in [0, 0.05) is 43.3 Å². The quantitative estimate of drug-likeness (QED) is 0.498. The first kappa shape index (κ1) is 27.8. The third kappa shape index (κ3) is 6.60. The van der Waals surface area contributed by atoms with E-state index in [0.29, 0.717) is 30.6 Å². The molecule has 9 nitrogen and oxygen atoms in total. The molecule has 0 spiro atoms. The summed E-state index contributed by atoms with van der Waals surface area (Å²) in [5.74, 6) is -1.02. The molecular formula is C28H36N4O5S. The van der Waals surface area contributed by atoms with Crippen molar-refractivity contribution in [1.29, 1.82) is 0 Å². The number of amides is 3. The van der Waals surface area contributed by atoms with Crippen LogP contribution in [0.4, 0.5) is 5.69 Å². The van der Waals surface area contributed by atoms with Crippen molar-refractivity contribution in [1.82, 2.24) is 14.9 Å². The lowest BCUT2D eigenvalue weighted by Gasteiger charge is -2.36. The first-order valence-electron chi connectivity index (χ1n) is 13.2. The maximum absolute atomic E-state index is 13.3. The highest BCUT2D eigenvalue weighted by molar-refractivity contribution is 7.89. The standard InChI is InChI=1S/C28H36N4O5S/c1-19-8-3-4-10-24(19)28(35)31-26-12-6-5-11-25(26)30-27(34)21-9-7-17-32(18-21)38(36,37)23-15-13-22(14-16-23)29-20(2)33/h3-4,8,10,13-16,21,25-26H,5-7,9,11-12,17-18H2,1-2H3,(H,29,33)(H,30,34)(H,31,35)/t21-,25+,26+/m0/s1. The van der Waals surface area contributed by atoms with Crippen molar-refractivity contribution in [3.05, 3.63) is 59.7 Å². The normalized spacial score (nSPS) is 22.3. The molecule has 4 rings (SSSR count). The van der Waals surface area contributed by atoms with E-state index < -0.39 is 15.9 Å². The fourth-order valence-corrected chi connectivity index (χ4v) is 6.81. The number of aryl methyl sites for hydroxylation is 1. The average Bonchev–Trinajstić information content (AvgIpc) is 2.90. The van der Waals surface area contributed by atoms with E-state index in [0.717, 1.165) is 31.2 Å². The molecule has 3 amide bonds. The van der Waals surface area contributed by atoms with Gasteiger partial charge in [0.1, 0.15) is 0 Å². The Morgan fingerprint density at radius 2 is 1.53 bits per heavy atom. The van der Waals surface area contributed by atoms with Gasteiger partial charge < -0.3 is 16.0 Å². The summed E-state index contributed by atoms with van der Waals surface area (Å²) in [6.07, 6.45) is 4.66. The molecule has 1 saturated carbocycles. The number of hydrogen-bond acceptors (Lipinski definition) is 5. The summed E-state index contributed by atoms with van der Waals surface area (Å²) in [4.78, 5) is 37.6. The Bertz CT molecular complexity index is 1280. The van der Waals surface area contributed by atoms with Crippen LogP contribution in [0, 0.1) is 12.8 Å². The minimum Gasteiger partial charge on any atom is -0.351 e. The fourth-order valence-electron chi connectivity index (χ4n) is 5.29. The second-order valence-electron chi connectivity index (χ2n) is 10.2. The van der Waals surface area contributed by atoms with E-state index in [1.807, 2.05) is 25.1 Å². The van der Waals surface area contributed by atoms with Crippen molar-refractivity contribution >= 4 is 33.4 Å². The molecule has 2 aromatic carbocycles. The largest absolute Gasteiger partial charge is 0.351 e. The SMILES string of the molecule is CC(=O)Nc1ccc(S(=O)(=O)N2CCC[C@H](C(=O)N[C@@H]3CCCC[C@H]3NC(=O)c3ccccc3C)C2)cc1. The van der Waals surface area contributed by atoms with Crippen LogP contribution in [0.3, 0.4) is 0 Å². The highest BCUT2D eigenvalue weighted by Gasteiger charge is 2.35. The minimum absolute atomic E-state index is 0.106. The lowest BCUT2D eigenvalue weighted by atomic mass is 9.89. The molecule has 1 aliphatic heterocycles. The maximum atomic E-state index is 13.3. The number of nitrogens with one attached hydrogen (secondary N) is 3. The van der Waals surface area contributed by atoms with Crippen molar-refractivity contribution in [3.63, 3.8) is 0 Å². The van der Waals surface area contributed by atoms with Gasteiger partial charge in [0.2, 0.25) is 21.8 Å². The molecule has 1 aliphatic carbocycles. The summed E-state index contributed by atoms with van der Waals surface area (Å²) >= 11 is 0. The molecule has 3 N–H and O–H groups in total. The molecule has 2 aromatic rings. The van der Waals surface area contributed by atoms with Crippen LogP contribution in [-0.2, 0) is 19.6 Å². The number of sulfonamides is 1. The molecule has 1 heterocycles. The number of hydrogen-bond donors (Lipinski definition) is 3. The maximum Gasteiger partial charge on any atom is 0.251 e. The number of anilines is 1. The van der Waals surface area contributed by atoms with Crippen molar-refractivity contribution in [2.24, 2.45) is 5.92 Å². The molecule has 0 radical (unpaired) electrons. The number of rotatable bonds is 7. The Morgan fingerprint density at radius 3 is 2.18 bits per heavy atom. The molecular weight excluding hydrogens is 504 g/mol. The van der Waals surface area contributed by atoms with Gasteiger partial charge in [-0.3, -0.25) is 14.4 Å². The Hall–Kier alpha value is -3.24. The van der Waals surface area contributed by atoms with Crippen LogP contribution >= 0.6 is 0 Å². The fraction of sp³-hybridized carbons (Fsp3) is 0.464. The van der Waals surface area contributed by atoms with E-state index in [4.69, 9.17) is 0 Å². The summed E-state index contributed by atoms with van der Waals surface area (Å²) in [7, 11) is -3.78. The lowest BCUT2D eigenvalue weighted by molar-refractivity contribution is -0.127. The number of benzene rings is 2. The van der Waals surface area contributed by atoms with Gasteiger partial charge in [-0.25, -0.2) is 8.42 Å². The van der Waals surface area contributed by atoms with E-state index in [9.17, 15) is 22.8 Å². The summed E-state index contributed by atoms with van der Waals surface area (Å²) in [5, 5.41) is 8.88. The average molecular weight is 541 g/mol. The van der Waals surface area contributed by atoms with E-state index in [2.05, 4.69) is 16.0 Å². The van der Waals surface area contributed by atoms with Crippen molar-refractivity contribution in [2.75, 3.05) is 18.4 Å². The zero-order valence-corrected chi connectivity index (χ0v) is 22.7. The van der Waals surface area contributed by atoms with Crippen LogP contribution in [0.2, 0.25) is 0 Å². The molecule has 0 bridgehead atoms. The molecule has 0 unspecified atom stereocenters. The topological polar surface area (TPSA) is 125 Å². The third-order valence-corrected chi connectivity index (χ3v) is 9.25. The summed E-state index contributed by atoms with van der Waals surface area (Å²) in [6.45, 7) is 3.74.